The predicted octanol–water partition coefficient (Wildman–Crippen LogP) is 10.8. The lowest BCUT2D eigenvalue weighted by Gasteiger charge is -2.18. The van der Waals surface area contributed by atoms with Crippen LogP contribution in [0.15, 0.2) is 146 Å². The van der Waals surface area contributed by atoms with Gasteiger partial charge in [-0.25, -0.2) is 0 Å². The highest BCUT2D eigenvalue weighted by Crippen LogP contribution is 2.44. The second-order valence-electron chi connectivity index (χ2n) is 10.1. The number of hydrogen-bond acceptors (Lipinski definition) is 0. The van der Waals surface area contributed by atoms with E-state index in [-0.39, 0.29) is 0 Å². The average molecular weight is 481 g/mol. The summed E-state index contributed by atoms with van der Waals surface area (Å²) in [5, 5.41) is 13.0. The molecule has 8 aromatic rings. The summed E-state index contributed by atoms with van der Waals surface area (Å²) in [5.41, 5.74) is 5.04. The van der Waals surface area contributed by atoms with Crippen molar-refractivity contribution in [3.05, 3.63) is 146 Å². The first-order valence-corrected chi connectivity index (χ1v) is 13.2. The Morgan fingerprint density at radius 1 is 0.263 bits per heavy atom. The Labute approximate surface area is 221 Å². The molecule has 0 atom stereocenters. The third-order valence-electron chi connectivity index (χ3n) is 8.01. The lowest BCUT2D eigenvalue weighted by atomic mass is 9.85. The molecule has 8 rings (SSSR count). The first-order valence-electron chi connectivity index (χ1n) is 13.2. The summed E-state index contributed by atoms with van der Waals surface area (Å²) in [6.07, 6.45) is 0. The largest absolute Gasteiger partial charge is 0.0622 e. The molecule has 0 spiro atoms. The third-order valence-corrected chi connectivity index (χ3v) is 8.01. The molecular weight excluding hydrogens is 456 g/mol. The minimum atomic E-state index is 1.24. The van der Waals surface area contributed by atoms with Gasteiger partial charge in [-0.3, -0.25) is 0 Å². The second-order valence-corrected chi connectivity index (χ2v) is 10.1. The molecule has 0 fully saturated rings. The maximum absolute atomic E-state index is 2.42. The van der Waals surface area contributed by atoms with Gasteiger partial charge in [0.1, 0.15) is 0 Å². The molecule has 176 valence electrons. The average Bonchev–Trinajstić information content (AvgIpc) is 3.00. The lowest BCUT2D eigenvalue weighted by molar-refractivity contribution is 1.65. The fourth-order valence-corrected chi connectivity index (χ4v) is 6.33. The third kappa shape index (κ3) is 3.11. The van der Waals surface area contributed by atoms with Gasteiger partial charge in [0.2, 0.25) is 0 Å². The fourth-order valence-electron chi connectivity index (χ4n) is 6.33. The van der Waals surface area contributed by atoms with E-state index < -0.39 is 0 Å². The Morgan fingerprint density at radius 2 is 0.763 bits per heavy atom. The van der Waals surface area contributed by atoms with E-state index in [9.17, 15) is 0 Å². The van der Waals surface area contributed by atoms with Crippen LogP contribution in [0.4, 0.5) is 0 Å². The molecule has 0 radical (unpaired) electrons. The number of benzene rings is 8. The quantitative estimate of drug-likeness (QED) is 0.216. The molecular formula is C38H24. The molecule has 0 saturated carbocycles. The summed E-state index contributed by atoms with van der Waals surface area (Å²) in [5.74, 6) is 0. The van der Waals surface area contributed by atoms with Crippen molar-refractivity contribution in [2.45, 2.75) is 0 Å². The molecule has 0 amide bonds. The minimum absolute atomic E-state index is 1.24. The number of fused-ring (bicyclic) bond motifs is 9. The topological polar surface area (TPSA) is 0 Å². The molecule has 0 heterocycles. The molecule has 0 aliphatic heterocycles. The van der Waals surface area contributed by atoms with Crippen molar-refractivity contribution < 1.29 is 0 Å². The molecule has 0 bridgehead atoms. The molecule has 0 nitrogen and oxygen atoms in total. The van der Waals surface area contributed by atoms with E-state index in [2.05, 4.69) is 146 Å². The molecule has 0 heteroatoms. The van der Waals surface area contributed by atoms with Gasteiger partial charge in [-0.05, 0) is 94.3 Å². The van der Waals surface area contributed by atoms with E-state index in [0.717, 1.165) is 0 Å². The van der Waals surface area contributed by atoms with Gasteiger partial charge in [0.15, 0.2) is 0 Å². The first kappa shape index (κ1) is 21.2. The van der Waals surface area contributed by atoms with E-state index in [1.54, 1.807) is 0 Å². The highest BCUT2D eigenvalue weighted by atomic mass is 14.2. The Bertz CT molecular complexity index is 2170. The summed E-state index contributed by atoms with van der Waals surface area (Å²) < 4.78 is 0. The SMILES string of the molecule is c1ccc(-c2cc(-c3cc4ccccc4c4ccccc34)cc3c4ccccc4c4ccccc4c23)cc1. The first-order chi connectivity index (χ1) is 18.9. The van der Waals surface area contributed by atoms with E-state index in [0.29, 0.717) is 0 Å². The van der Waals surface area contributed by atoms with Gasteiger partial charge >= 0.3 is 0 Å². The van der Waals surface area contributed by atoms with Gasteiger partial charge in [0, 0.05) is 0 Å². The van der Waals surface area contributed by atoms with E-state index in [1.165, 1.54) is 76.1 Å². The van der Waals surface area contributed by atoms with Gasteiger partial charge in [-0.2, -0.15) is 0 Å². The Kier molecular flexibility index (Phi) is 4.62. The van der Waals surface area contributed by atoms with Crippen LogP contribution in [0.2, 0.25) is 0 Å². The maximum atomic E-state index is 2.42. The van der Waals surface area contributed by atoms with Crippen molar-refractivity contribution in [1.82, 2.24) is 0 Å². The zero-order chi connectivity index (χ0) is 25.1. The van der Waals surface area contributed by atoms with E-state index >= 15 is 0 Å². The van der Waals surface area contributed by atoms with Gasteiger partial charge in [0.05, 0.1) is 0 Å². The maximum Gasteiger partial charge on any atom is -0.00199 e. The highest BCUT2D eigenvalue weighted by molar-refractivity contribution is 6.29. The Morgan fingerprint density at radius 3 is 1.47 bits per heavy atom. The molecule has 0 aliphatic rings. The molecule has 8 aromatic carbocycles. The lowest BCUT2D eigenvalue weighted by Crippen LogP contribution is -1.91. The smallest absolute Gasteiger partial charge is 0.00199 e. The molecule has 0 N–H and O–H groups in total. The monoisotopic (exact) mass is 480 g/mol. The van der Waals surface area contributed by atoms with Crippen molar-refractivity contribution in [3.63, 3.8) is 0 Å². The molecule has 0 unspecified atom stereocenters. The van der Waals surface area contributed by atoms with E-state index in [1.807, 2.05) is 0 Å². The summed E-state index contributed by atoms with van der Waals surface area (Å²) in [6, 6.07) is 53.3. The van der Waals surface area contributed by atoms with Crippen molar-refractivity contribution >= 4 is 53.9 Å². The van der Waals surface area contributed by atoms with Gasteiger partial charge in [-0.1, -0.05) is 127 Å². The van der Waals surface area contributed by atoms with Gasteiger partial charge in [-0.15, -0.1) is 0 Å². The van der Waals surface area contributed by atoms with Crippen molar-refractivity contribution in [1.29, 1.82) is 0 Å². The molecule has 0 aromatic heterocycles. The van der Waals surface area contributed by atoms with Gasteiger partial charge in [0.25, 0.3) is 0 Å². The van der Waals surface area contributed by atoms with Crippen molar-refractivity contribution in [3.8, 4) is 22.3 Å². The number of hydrogen-bond donors (Lipinski definition) is 0. The van der Waals surface area contributed by atoms with Crippen LogP contribution in [0.1, 0.15) is 0 Å². The highest BCUT2D eigenvalue weighted by Gasteiger charge is 2.16. The summed E-state index contributed by atoms with van der Waals surface area (Å²) in [7, 11) is 0. The molecule has 38 heavy (non-hydrogen) atoms. The number of rotatable bonds is 2. The van der Waals surface area contributed by atoms with Crippen LogP contribution in [-0.2, 0) is 0 Å². The van der Waals surface area contributed by atoms with Crippen LogP contribution in [-0.4, -0.2) is 0 Å². The van der Waals surface area contributed by atoms with Crippen molar-refractivity contribution in [2.75, 3.05) is 0 Å². The Hall–Kier alpha value is -4.94. The van der Waals surface area contributed by atoms with Crippen LogP contribution in [0.3, 0.4) is 0 Å². The predicted molar refractivity (Wildman–Crippen MR) is 165 cm³/mol. The van der Waals surface area contributed by atoms with Crippen molar-refractivity contribution in [2.24, 2.45) is 0 Å². The van der Waals surface area contributed by atoms with Crippen LogP contribution < -0.4 is 0 Å². The minimum Gasteiger partial charge on any atom is -0.0622 e. The van der Waals surface area contributed by atoms with E-state index in [4.69, 9.17) is 0 Å². The molecule has 0 saturated heterocycles. The fraction of sp³-hybridized carbons (Fsp3) is 0. The normalized spacial score (nSPS) is 11.7. The molecule has 0 aliphatic carbocycles. The zero-order valence-corrected chi connectivity index (χ0v) is 20.9. The summed E-state index contributed by atoms with van der Waals surface area (Å²) in [6.45, 7) is 0. The van der Waals surface area contributed by atoms with Crippen LogP contribution >= 0.6 is 0 Å². The van der Waals surface area contributed by atoms with Crippen LogP contribution in [0.5, 0.6) is 0 Å². The van der Waals surface area contributed by atoms with Crippen LogP contribution in [0.25, 0.3) is 76.1 Å². The summed E-state index contributed by atoms with van der Waals surface area (Å²) in [4.78, 5) is 0. The zero-order valence-electron chi connectivity index (χ0n) is 20.9. The summed E-state index contributed by atoms with van der Waals surface area (Å²) >= 11 is 0. The van der Waals surface area contributed by atoms with Gasteiger partial charge < -0.3 is 0 Å². The Balaban J connectivity index is 1.60. The second kappa shape index (κ2) is 8.30. The standard InChI is InChI=1S/C38H24/c1-2-12-25(13-3-1)36-23-27(35-22-26-14-4-5-15-28(26)29-16-6-8-19-32(29)35)24-37-33-20-9-7-17-30(33)31-18-10-11-21-34(31)38(36)37/h1-24H. The van der Waals surface area contributed by atoms with Crippen LogP contribution in [0, 0.1) is 0 Å².